The quantitative estimate of drug-likeness (QED) is 0.761. The molecule has 0 fully saturated rings. The van der Waals surface area contributed by atoms with Crippen LogP contribution in [-0.2, 0) is 17.9 Å². The van der Waals surface area contributed by atoms with E-state index in [4.69, 9.17) is 4.74 Å². The van der Waals surface area contributed by atoms with Crippen LogP contribution in [0, 0.1) is 0 Å². The first-order valence-electron chi connectivity index (χ1n) is 7.28. The summed E-state index contributed by atoms with van der Waals surface area (Å²) in [5, 5.41) is 2.87. The number of hydrogen-bond acceptors (Lipinski definition) is 3. The third-order valence-electron chi connectivity index (χ3n) is 3.12. The number of nitrogens with zero attached hydrogens (tertiary/aromatic N) is 1. The highest BCUT2D eigenvalue weighted by Gasteiger charge is 2.07. The molecule has 0 atom stereocenters. The molecule has 4 heteroatoms. The topological polar surface area (TPSA) is 51.2 Å². The van der Waals surface area contributed by atoms with E-state index in [1.807, 2.05) is 42.5 Å². The molecule has 0 aliphatic rings. The molecule has 1 heterocycles. The van der Waals surface area contributed by atoms with E-state index in [0.29, 0.717) is 31.9 Å². The van der Waals surface area contributed by atoms with Crippen molar-refractivity contribution < 1.29 is 9.53 Å². The van der Waals surface area contributed by atoms with Crippen LogP contribution < -0.4 is 10.1 Å². The van der Waals surface area contributed by atoms with Gasteiger partial charge in [0.2, 0.25) is 11.8 Å². The molecule has 0 spiro atoms. The lowest BCUT2D eigenvalue weighted by molar-refractivity contribution is -0.121. The number of nitrogens with one attached hydrogen (secondary N) is 1. The van der Waals surface area contributed by atoms with E-state index in [2.05, 4.69) is 16.9 Å². The summed E-state index contributed by atoms with van der Waals surface area (Å²) in [4.78, 5) is 15.9. The molecule has 0 saturated carbocycles. The third-order valence-corrected chi connectivity index (χ3v) is 3.12. The third kappa shape index (κ3) is 5.05. The van der Waals surface area contributed by atoms with E-state index in [0.717, 1.165) is 11.1 Å². The van der Waals surface area contributed by atoms with Crippen molar-refractivity contribution in [2.45, 2.75) is 26.0 Å². The second-order valence-electron chi connectivity index (χ2n) is 4.85. The van der Waals surface area contributed by atoms with Crippen molar-refractivity contribution in [3.8, 4) is 5.88 Å². The van der Waals surface area contributed by atoms with Crippen LogP contribution in [0.3, 0.4) is 0 Å². The Bertz CT molecular complexity index is 611. The second kappa shape index (κ2) is 8.62. The maximum Gasteiger partial charge on any atom is 0.220 e. The van der Waals surface area contributed by atoms with Crippen LogP contribution in [0.15, 0.2) is 61.3 Å². The minimum atomic E-state index is -0.00207. The van der Waals surface area contributed by atoms with Crippen LogP contribution >= 0.6 is 0 Å². The molecule has 0 aliphatic carbocycles. The Morgan fingerprint density at radius 2 is 2.05 bits per heavy atom. The molecule has 4 nitrogen and oxygen atoms in total. The molecule has 0 bridgehead atoms. The molecule has 1 N–H and O–H groups in total. The molecule has 0 aliphatic heterocycles. The molecule has 0 radical (unpaired) electrons. The Hall–Kier alpha value is -2.62. The van der Waals surface area contributed by atoms with Crippen LogP contribution in [-0.4, -0.2) is 10.9 Å². The first-order chi connectivity index (χ1) is 10.8. The van der Waals surface area contributed by atoms with Crippen molar-refractivity contribution in [2.75, 3.05) is 0 Å². The molecule has 0 saturated heterocycles. The van der Waals surface area contributed by atoms with Crippen molar-refractivity contribution in [3.63, 3.8) is 0 Å². The fraction of sp³-hybridized carbons (Fsp3) is 0.222. The highest BCUT2D eigenvalue weighted by atomic mass is 16.5. The number of benzene rings is 1. The SMILES string of the molecule is C=CCCC(=O)NCc1cccnc1OCc1ccccc1. The van der Waals surface area contributed by atoms with E-state index >= 15 is 0 Å². The van der Waals surface area contributed by atoms with Crippen LogP contribution in [0.2, 0.25) is 0 Å². The van der Waals surface area contributed by atoms with Gasteiger partial charge in [0.15, 0.2) is 0 Å². The van der Waals surface area contributed by atoms with Gasteiger partial charge in [0.25, 0.3) is 0 Å². The number of carbonyl (C=O) groups excluding carboxylic acids is 1. The van der Waals surface area contributed by atoms with Gasteiger partial charge in [0.05, 0.1) is 0 Å². The van der Waals surface area contributed by atoms with Crippen molar-refractivity contribution in [1.82, 2.24) is 10.3 Å². The van der Waals surface area contributed by atoms with Gasteiger partial charge in [-0.3, -0.25) is 4.79 Å². The summed E-state index contributed by atoms with van der Waals surface area (Å²) in [5.74, 6) is 0.549. The number of pyridine rings is 1. The van der Waals surface area contributed by atoms with Crippen LogP contribution in [0.5, 0.6) is 5.88 Å². The number of carbonyl (C=O) groups is 1. The Morgan fingerprint density at radius 1 is 1.23 bits per heavy atom. The Morgan fingerprint density at radius 3 is 2.82 bits per heavy atom. The maximum absolute atomic E-state index is 11.6. The Balaban J connectivity index is 1.92. The molecule has 1 amide bonds. The molecule has 22 heavy (non-hydrogen) atoms. The predicted molar refractivity (Wildman–Crippen MR) is 86.3 cm³/mol. The number of allylic oxidation sites excluding steroid dienone is 1. The molecule has 2 aromatic rings. The summed E-state index contributed by atoms with van der Waals surface area (Å²) >= 11 is 0. The van der Waals surface area contributed by atoms with Gasteiger partial charge >= 0.3 is 0 Å². The fourth-order valence-electron chi connectivity index (χ4n) is 1.93. The average Bonchev–Trinajstić information content (AvgIpc) is 2.58. The Labute approximate surface area is 130 Å². The first-order valence-corrected chi connectivity index (χ1v) is 7.28. The summed E-state index contributed by atoms with van der Waals surface area (Å²) in [6, 6.07) is 13.6. The smallest absolute Gasteiger partial charge is 0.220 e. The number of rotatable bonds is 8. The van der Waals surface area contributed by atoms with Crippen molar-refractivity contribution in [2.24, 2.45) is 0 Å². The van der Waals surface area contributed by atoms with Gasteiger partial charge in [-0.25, -0.2) is 4.98 Å². The van der Waals surface area contributed by atoms with Crippen LogP contribution in [0.1, 0.15) is 24.0 Å². The molecule has 2 rings (SSSR count). The standard InChI is InChI=1S/C18H20N2O2/c1-2-3-11-17(21)20-13-16-10-7-12-19-18(16)22-14-15-8-5-4-6-9-15/h2,4-10,12H,1,3,11,13-14H2,(H,20,21). The predicted octanol–water partition coefficient (Wildman–Crippen LogP) is 3.24. The maximum atomic E-state index is 11.6. The minimum absolute atomic E-state index is 0.00207. The van der Waals surface area contributed by atoms with Crippen molar-refractivity contribution in [1.29, 1.82) is 0 Å². The lowest BCUT2D eigenvalue weighted by Crippen LogP contribution is -2.22. The summed E-state index contributed by atoms with van der Waals surface area (Å²) in [6.45, 7) is 4.47. The van der Waals surface area contributed by atoms with E-state index in [1.165, 1.54) is 0 Å². The molecular formula is C18H20N2O2. The summed E-state index contributed by atoms with van der Waals surface area (Å²) in [5.41, 5.74) is 1.94. The number of aromatic nitrogens is 1. The molecule has 0 unspecified atom stereocenters. The van der Waals surface area contributed by atoms with Gasteiger partial charge in [-0.15, -0.1) is 6.58 Å². The van der Waals surface area contributed by atoms with Gasteiger partial charge in [-0.2, -0.15) is 0 Å². The minimum Gasteiger partial charge on any atom is -0.473 e. The lowest BCUT2D eigenvalue weighted by atomic mass is 10.2. The van der Waals surface area contributed by atoms with E-state index in [-0.39, 0.29) is 5.91 Å². The normalized spacial score (nSPS) is 10.0. The van der Waals surface area contributed by atoms with Gasteiger partial charge in [-0.05, 0) is 18.1 Å². The summed E-state index contributed by atoms with van der Waals surface area (Å²) in [6.07, 6.45) is 4.54. The average molecular weight is 296 g/mol. The van der Waals surface area contributed by atoms with Crippen LogP contribution in [0.25, 0.3) is 0 Å². The molecule has 114 valence electrons. The first kappa shape index (κ1) is 15.8. The number of amides is 1. The lowest BCUT2D eigenvalue weighted by Gasteiger charge is -2.11. The molecular weight excluding hydrogens is 276 g/mol. The number of hydrogen-bond donors (Lipinski definition) is 1. The van der Waals surface area contributed by atoms with E-state index in [9.17, 15) is 4.79 Å². The zero-order chi connectivity index (χ0) is 15.6. The fourth-order valence-corrected chi connectivity index (χ4v) is 1.93. The summed E-state index contributed by atoms with van der Waals surface area (Å²) < 4.78 is 5.76. The number of ether oxygens (including phenoxy) is 1. The van der Waals surface area contributed by atoms with Gasteiger partial charge in [0.1, 0.15) is 6.61 Å². The van der Waals surface area contributed by atoms with Gasteiger partial charge < -0.3 is 10.1 Å². The second-order valence-corrected chi connectivity index (χ2v) is 4.85. The monoisotopic (exact) mass is 296 g/mol. The van der Waals surface area contributed by atoms with E-state index < -0.39 is 0 Å². The molecule has 1 aromatic heterocycles. The van der Waals surface area contributed by atoms with Crippen molar-refractivity contribution >= 4 is 5.91 Å². The summed E-state index contributed by atoms with van der Waals surface area (Å²) in [7, 11) is 0. The zero-order valence-corrected chi connectivity index (χ0v) is 12.5. The largest absolute Gasteiger partial charge is 0.473 e. The van der Waals surface area contributed by atoms with Gasteiger partial charge in [0, 0.05) is 24.7 Å². The van der Waals surface area contributed by atoms with E-state index in [1.54, 1.807) is 12.3 Å². The van der Waals surface area contributed by atoms with Gasteiger partial charge in [-0.1, -0.05) is 42.5 Å². The highest BCUT2D eigenvalue weighted by Crippen LogP contribution is 2.16. The Kier molecular flexibility index (Phi) is 6.18. The zero-order valence-electron chi connectivity index (χ0n) is 12.5. The molecule has 1 aromatic carbocycles. The highest BCUT2D eigenvalue weighted by molar-refractivity contribution is 5.76. The van der Waals surface area contributed by atoms with Crippen molar-refractivity contribution in [3.05, 3.63) is 72.4 Å². The van der Waals surface area contributed by atoms with Crippen LogP contribution in [0.4, 0.5) is 0 Å².